The van der Waals surface area contributed by atoms with Crippen molar-refractivity contribution in [3.05, 3.63) is 69.3 Å². The Kier molecular flexibility index (Phi) is 7.21. The number of carboxylic acid groups (broad SMARTS) is 1. The van der Waals surface area contributed by atoms with E-state index in [0.29, 0.717) is 55.0 Å². The number of thiazole rings is 1. The number of carbonyl (C=O) groups is 2. The third kappa shape index (κ3) is 4.90. The Morgan fingerprint density at radius 2 is 1.97 bits per heavy atom. The van der Waals surface area contributed by atoms with Crippen LogP contribution in [-0.2, 0) is 9.53 Å². The van der Waals surface area contributed by atoms with Crippen LogP contribution in [0.1, 0.15) is 22.8 Å². The lowest BCUT2D eigenvalue weighted by atomic mass is 9.98. The van der Waals surface area contributed by atoms with Gasteiger partial charge in [-0.25, -0.2) is 14.8 Å². The van der Waals surface area contributed by atoms with E-state index in [1.54, 1.807) is 17.6 Å². The van der Waals surface area contributed by atoms with Crippen molar-refractivity contribution >= 4 is 40.1 Å². The molecule has 0 radical (unpaired) electrons. The molecule has 4 aromatic rings. The molecule has 0 saturated carbocycles. The van der Waals surface area contributed by atoms with Gasteiger partial charge in [0.15, 0.2) is 10.8 Å². The lowest BCUT2D eigenvalue weighted by Crippen LogP contribution is -2.54. The first kappa shape index (κ1) is 25.6. The van der Waals surface area contributed by atoms with Crippen molar-refractivity contribution in [2.45, 2.75) is 13.8 Å². The number of aryl methyl sites for hydroxylation is 1. The molecular weight excluding hydrogens is 506 g/mol. The van der Waals surface area contributed by atoms with E-state index in [9.17, 15) is 19.5 Å². The molecule has 1 amide bonds. The van der Waals surface area contributed by atoms with Crippen molar-refractivity contribution < 1.29 is 19.4 Å². The van der Waals surface area contributed by atoms with Crippen molar-refractivity contribution in [3.8, 4) is 16.4 Å². The fourth-order valence-corrected chi connectivity index (χ4v) is 5.23. The van der Waals surface area contributed by atoms with E-state index in [1.165, 1.54) is 17.5 Å². The predicted molar refractivity (Wildman–Crippen MR) is 145 cm³/mol. The van der Waals surface area contributed by atoms with Gasteiger partial charge in [0.05, 0.1) is 23.6 Å². The number of pyridine rings is 2. The lowest BCUT2D eigenvalue weighted by Gasteiger charge is -2.39. The molecule has 4 heterocycles. The first-order chi connectivity index (χ1) is 18.4. The third-order valence-corrected chi connectivity index (χ3v) is 7.31. The van der Waals surface area contributed by atoms with Gasteiger partial charge in [0.2, 0.25) is 11.3 Å². The normalized spacial score (nSPS) is 13.5. The number of benzene rings is 1. The SMILES string of the molecule is CCOCCNC(=O)C1CN(c2cc(C)c3c(=O)c(C(=O)O)cn(-c4nc(-c5ccccc5)cs4)c3n2)C1. The van der Waals surface area contributed by atoms with Crippen molar-refractivity contribution in [2.75, 3.05) is 37.7 Å². The average molecular weight is 534 g/mol. The molecule has 38 heavy (non-hydrogen) atoms. The minimum absolute atomic E-state index is 0.0299. The summed E-state index contributed by atoms with van der Waals surface area (Å²) < 4.78 is 6.84. The Hall–Kier alpha value is -4.09. The second-order valence-electron chi connectivity index (χ2n) is 9.01. The minimum atomic E-state index is -1.31. The van der Waals surface area contributed by atoms with E-state index in [4.69, 9.17) is 14.7 Å². The highest BCUT2D eigenvalue weighted by Gasteiger charge is 2.34. The molecule has 196 valence electrons. The molecule has 1 fully saturated rings. The highest BCUT2D eigenvalue weighted by atomic mass is 32.1. The van der Waals surface area contributed by atoms with Gasteiger partial charge in [-0.3, -0.25) is 14.2 Å². The summed E-state index contributed by atoms with van der Waals surface area (Å²) in [5.74, 6) is -0.893. The van der Waals surface area contributed by atoms with Gasteiger partial charge in [0, 0.05) is 43.4 Å². The van der Waals surface area contributed by atoms with Crippen LogP contribution in [0.25, 0.3) is 27.4 Å². The van der Waals surface area contributed by atoms with Crippen molar-refractivity contribution in [1.29, 1.82) is 0 Å². The second kappa shape index (κ2) is 10.7. The van der Waals surface area contributed by atoms with Crippen molar-refractivity contribution in [3.63, 3.8) is 0 Å². The van der Waals surface area contributed by atoms with Gasteiger partial charge in [-0.1, -0.05) is 30.3 Å². The molecule has 1 saturated heterocycles. The Bertz CT molecular complexity index is 1560. The molecule has 2 N–H and O–H groups in total. The molecule has 0 bridgehead atoms. The summed E-state index contributed by atoms with van der Waals surface area (Å²) >= 11 is 1.33. The van der Waals surface area contributed by atoms with Gasteiger partial charge >= 0.3 is 5.97 Å². The fourth-order valence-electron chi connectivity index (χ4n) is 4.42. The van der Waals surface area contributed by atoms with Gasteiger partial charge in [-0.15, -0.1) is 11.3 Å². The second-order valence-corrected chi connectivity index (χ2v) is 9.85. The Balaban J connectivity index is 1.49. The maximum absolute atomic E-state index is 13.1. The number of carbonyl (C=O) groups excluding carboxylic acids is 1. The molecule has 0 aliphatic carbocycles. The Morgan fingerprint density at radius 3 is 2.68 bits per heavy atom. The number of rotatable bonds is 9. The number of hydrogen-bond donors (Lipinski definition) is 2. The molecule has 5 rings (SSSR count). The summed E-state index contributed by atoms with van der Waals surface area (Å²) in [4.78, 5) is 48.9. The van der Waals surface area contributed by atoms with Gasteiger partial charge < -0.3 is 20.1 Å². The average Bonchev–Trinajstić information content (AvgIpc) is 3.36. The number of aromatic nitrogens is 3. The number of hydrogen-bond acceptors (Lipinski definition) is 8. The predicted octanol–water partition coefficient (Wildman–Crippen LogP) is 3.10. The number of carboxylic acids is 1. The zero-order chi connectivity index (χ0) is 26.8. The lowest BCUT2D eigenvalue weighted by molar-refractivity contribution is -0.125. The monoisotopic (exact) mass is 533 g/mol. The Labute approximate surface area is 222 Å². The van der Waals surface area contributed by atoms with E-state index >= 15 is 0 Å². The van der Waals surface area contributed by atoms with E-state index in [0.717, 1.165) is 11.3 Å². The van der Waals surface area contributed by atoms with Crippen LogP contribution in [0.5, 0.6) is 0 Å². The van der Waals surface area contributed by atoms with Gasteiger partial charge in [0.1, 0.15) is 11.4 Å². The van der Waals surface area contributed by atoms with Gasteiger partial charge in [-0.2, -0.15) is 0 Å². The molecule has 3 aromatic heterocycles. The molecule has 1 aliphatic heterocycles. The highest BCUT2D eigenvalue weighted by molar-refractivity contribution is 7.12. The molecular formula is C27H27N5O5S. The number of amides is 1. The van der Waals surface area contributed by atoms with Crippen LogP contribution < -0.4 is 15.6 Å². The minimum Gasteiger partial charge on any atom is -0.477 e. The van der Waals surface area contributed by atoms with E-state index in [2.05, 4.69) is 5.32 Å². The molecule has 0 atom stereocenters. The number of nitrogens with one attached hydrogen (secondary N) is 1. The van der Waals surface area contributed by atoms with Crippen molar-refractivity contribution in [2.24, 2.45) is 5.92 Å². The summed E-state index contributed by atoms with van der Waals surface area (Å²) in [5, 5.41) is 15.2. The molecule has 0 spiro atoms. The number of fused-ring (bicyclic) bond motifs is 1. The first-order valence-electron chi connectivity index (χ1n) is 12.3. The number of nitrogens with zero attached hydrogens (tertiary/aromatic N) is 4. The smallest absolute Gasteiger partial charge is 0.341 e. The topological polar surface area (TPSA) is 127 Å². The summed E-state index contributed by atoms with van der Waals surface area (Å²) in [6, 6.07) is 11.4. The molecule has 10 nitrogen and oxygen atoms in total. The zero-order valence-electron chi connectivity index (χ0n) is 21.0. The molecule has 11 heteroatoms. The number of ether oxygens (including phenoxy) is 1. The van der Waals surface area contributed by atoms with Crippen LogP contribution >= 0.6 is 11.3 Å². The highest BCUT2D eigenvalue weighted by Crippen LogP contribution is 2.30. The van der Waals surface area contributed by atoms with E-state index < -0.39 is 11.4 Å². The summed E-state index contributed by atoms with van der Waals surface area (Å²) in [5.41, 5.74) is 1.66. The van der Waals surface area contributed by atoms with Crippen LogP contribution in [0.4, 0.5) is 5.82 Å². The fraction of sp³-hybridized carbons (Fsp3) is 0.296. The van der Waals surface area contributed by atoms with Gasteiger partial charge in [-0.05, 0) is 25.5 Å². The van der Waals surface area contributed by atoms with Gasteiger partial charge in [0.25, 0.3) is 0 Å². The first-order valence-corrected chi connectivity index (χ1v) is 13.2. The summed E-state index contributed by atoms with van der Waals surface area (Å²) in [6.07, 6.45) is 1.29. The van der Waals surface area contributed by atoms with E-state index in [-0.39, 0.29) is 22.8 Å². The van der Waals surface area contributed by atoms with Crippen LogP contribution in [-0.4, -0.2) is 64.4 Å². The maximum atomic E-state index is 13.1. The van der Waals surface area contributed by atoms with Crippen LogP contribution in [0, 0.1) is 12.8 Å². The standard InChI is InChI=1S/C27H27N5O5S/c1-3-37-10-9-28-25(34)18-12-31(13-18)21-11-16(2)22-23(33)19(26(35)36)14-32(24(22)30-21)27-29-20(15-38-27)17-7-5-4-6-8-17/h4-8,11,14-15,18H,3,9-10,12-13H2,1-2H3,(H,28,34)(H,35,36). The molecule has 0 unspecified atom stereocenters. The zero-order valence-corrected chi connectivity index (χ0v) is 21.8. The largest absolute Gasteiger partial charge is 0.477 e. The van der Waals surface area contributed by atoms with Crippen LogP contribution in [0.2, 0.25) is 0 Å². The van der Waals surface area contributed by atoms with E-state index in [1.807, 2.05) is 47.5 Å². The number of anilines is 1. The third-order valence-electron chi connectivity index (χ3n) is 6.47. The Morgan fingerprint density at radius 1 is 1.21 bits per heavy atom. The van der Waals surface area contributed by atoms with Crippen molar-refractivity contribution in [1.82, 2.24) is 19.9 Å². The summed E-state index contributed by atoms with van der Waals surface area (Å²) in [6.45, 7) is 6.20. The van der Waals surface area contributed by atoms with Crippen LogP contribution in [0.15, 0.2) is 52.8 Å². The molecule has 1 aromatic carbocycles. The summed E-state index contributed by atoms with van der Waals surface area (Å²) in [7, 11) is 0. The van der Waals surface area contributed by atoms with Crippen LogP contribution in [0.3, 0.4) is 0 Å². The number of aromatic carboxylic acids is 1. The quantitative estimate of drug-likeness (QED) is 0.314. The molecule has 1 aliphatic rings. The maximum Gasteiger partial charge on any atom is 0.341 e.